The SMILES string of the molecule is O[C@@H]1[C@H](O)[C@@H](Nc2cccc(C(F)(F)F)n2)CO[C@@H]1CN1CCC1. The van der Waals surface area contributed by atoms with Crippen LogP contribution in [0.5, 0.6) is 0 Å². The predicted molar refractivity (Wildman–Crippen MR) is 79.5 cm³/mol. The summed E-state index contributed by atoms with van der Waals surface area (Å²) in [6, 6.07) is 2.75. The second kappa shape index (κ2) is 6.83. The van der Waals surface area contributed by atoms with Crippen molar-refractivity contribution in [1.29, 1.82) is 0 Å². The van der Waals surface area contributed by atoms with Crippen molar-refractivity contribution in [3.05, 3.63) is 23.9 Å². The lowest BCUT2D eigenvalue weighted by Crippen LogP contribution is -2.59. The number of aliphatic hydroxyl groups excluding tert-OH is 2. The van der Waals surface area contributed by atoms with Gasteiger partial charge >= 0.3 is 6.18 Å². The maximum atomic E-state index is 12.7. The predicted octanol–water partition coefficient (Wildman–Crippen LogP) is 0.707. The number of likely N-dealkylation sites (tertiary alicyclic amines) is 1. The molecule has 0 aromatic carbocycles. The minimum absolute atomic E-state index is 0.0223. The van der Waals surface area contributed by atoms with Crippen molar-refractivity contribution >= 4 is 5.82 Å². The number of nitrogens with one attached hydrogen (secondary N) is 1. The number of aromatic nitrogens is 1. The molecule has 4 atom stereocenters. The smallest absolute Gasteiger partial charge is 0.388 e. The van der Waals surface area contributed by atoms with Crippen LogP contribution in [0.25, 0.3) is 0 Å². The first kappa shape index (κ1) is 17.4. The fourth-order valence-electron chi connectivity index (χ4n) is 2.85. The lowest BCUT2D eigenvalue weighted by atomic mass is 9.97. The summed E-state index contributed by atoms with van der Waals surface area (Å²) in [6.07, 6.45) is -6.20. The molecule has 2 saturated heterocycles. The number of nitrogens with zero attached hydrogens (tertiary/aromatic N) is 2. The van der Waals surface area contributed by atoms with Crippen LogP contribution in [-0.4, -0.2) is 70.7 Å². The number of rotatable bonds is 4. The first-order chi connectivity index (χ1) is 11.3. The molecule has 1 aromatic rings. The van der Waals surface area contributed by atoms with E-state index >= 15 is 0 Å². The van der Waals surface area contributed by atoms with Gasteiger partial charge in [0.05, 0.1) is 18.8 Å². The molecule has 6 nitrogen and oxygen atoms in total. The Morgan fingerprint density at radius 1 is 1.25 bits per heavy atom. The third-order valence-corrected chi connectivity index (χ3v) is 4.39. The topological polar surface area (TPSA) is 77.8 Å². The van der Waals surface area contributed by atoms with Gasteiger partial charge in [0.2, 0.25) is 0 Å². The summed E-state index contributed by atoms with van der Waals surface area (Å²) in [5.74, 6) is -0.0223. The van der Waals surface area contributed by atoms with E-state index in [1.54, 1.807) is 0 Å². The molecule has 3 heterocycles. The van der Waals surface area contributed by atoms with Crippen LogP contribution in [0.3, 0.4) is 0 Å². The Morgan fingerprint density at radius 3 is 2.62 bits per heavy atom. The van der Waals surface area contributed by atoms with Crippen LogP contribution in [0.4, 0.5) is 19.0 Å². The highest BCUT2D eigenvalue weighted by Crippen LogP contribution is 2.28. The number of aliphatic hydroxyl groups is 2. The molecule has 24 heavy (non-hydrogen) atoms. The summed E-state index contributed by atoms with van der Waals surface area (Å²) in [4.78, 5) is 5.61. The van der Waals surface area contributed by atoms with Gasteiger partial charge in [-0.2, -0.15) is 13.2 Å². The highest BCUT2D eigenvalue weighted by atomic mass is 19.4. The second-order valence-electron chi connectivity index (χ2n) is 6.16. The number of alkyl halides is 3. The van der Waals surface area contributed by atoms with Crippen molar-refractivity contribution in [1.82, 2.24) is 9.88 Å². The third-order valence-electron chi connectivity index (χ3n) is 4.39. The summed E-state index contributed by atoms with van der Waals surface area (Å²) in [5.41, 5.74) is -1.02. The number of hydrogen-bond acceptors (Lipinski definition) is 6. The molecule has 2 aliphatic heterocycles. The third kappa shape index (κ3) is 3.80. The van der Waals surface area contributed by atoms with Crippen molar-refractivity contribution in [2.45, 2.75) is 37.0 Å². The lowest BCUT2D eigenvalue weighted by Gasteiger charge is -2.42. The summed E-state index contributed by atoms with van der Waals surface area (Å²) >= 11 is 0. The molecule has 2 fully saturated rings. The number of pyridine rings is 1. The van der Waals surface area contributed by atoms with Gasteiger partial charge in [0.15, 0.2) is 0 Å². The zero-order valence-corrected chi connectivity index (χ0v) is 12.9. The fraction of sp³-hybridized carbons (Fsp3) is 0.667. The first-order valence-electron chi connectivity index (χ1n) is 7.85. The van der Waals surface area contributed by atoms with E-state index in [4.69, 9.17) is 4.74 Å². The van der Waals surface area contributed by atoms with Crippen molar-refractivity contribution in [2.75, 3.05) is 31.6 Å². The van der Waals surface area contributed by atoms with Crippen molar-refractivity contribution in [3.63, 3.8) is 0 Å². The van der Waals surface area contributed by atoms with E-state index in [1.165, 1.54) is 12.1 Å². The van der Waals surface area contributed by atoms with Crippen LogP contribution >= 0.6 is 0 Å². The van der Waals surface area contributed by atoms with E-state index < -0.39 is 36.2 Å². The Hall–Kier alpha value is -1.42. The molecular formula is C15H20F3N3O3. The summed E-state index contributed by atoms with van der Waals surface area (Å²) in [7, 11) is 0. The Kier molecular flexibility index (Phi) is 4.95. The summed E-state index contributed by atoms with van der Waals surface area (Å²) < 4.78 is 43.6. The van der Waals surface area contributed by atoms with Gasteiger partial charge in [-0.15, -0.1) is 0 Å². The molecule has 0 bridgehead atoms. The number of ether oxygens (including phenoxy) is 1. The minimum Gasteiger partial charge on any atom is -0.388 e. The fourth-order valence-corrected chi connectivity index (χ4v) is 2.85. The van der Waals surface area contributed by atoms with E-state index in [2.05, 4.69) is 15.2 Å². The molecule has 0 radical (unpaired) electrons. The normalized spacial score (nSPS) is 31.5. The van der Waals surface area contributed by atoms with E-state index in [0.29, 0.717) is 6.54 Å². The monoisotopic (exact) mass is 347 g/mol. The second-order valence-corrected chi connectivity index (χ2v) is 6.16. The van der Waals surface area contributed by atoms with E-state index in [-0.39, 0.29) is 12.4 Å². The van der Waals surface area contributed by atoms with Gasteiger partial charge < -0.3 is 25.2 Å². The minimum atomic E-state index is -4.54. The molecule has 0 amide bonds. The van der Waals surface area contributed by atoms with Crippen molar-refractivity contribution < 1.29 is 28.1 Å². The van der Waals surface area contributed by atoms with Crippen LogP contribution in [0.1, 0.15) is 12.1 Å². The Morgan fingerprint density at radius 2 is 2.00 bits per heavy atom. The van der Waals surface area contributed by atoms with Crippen LogP contribution in [0.2, 0.25) is 0 Å². The Bertz CT molecular complexity index is 568. The molecule has 0 aliphatic carbocycles. The lowest BCUT2D eigenvalue weighted by molar-refractivity contribution is -0.149. The summed E-state index contributed by atoms with van der Waals surface area (Å²) in [6.45, 7) is 2.50. The highest BCUT2D eigenvalue weighted by molar-refractivity contribution is 5.37. The van der Waals surface area contributed by atoms with Crippen molar-refractivity contribution in [2.24, 2.45) is 0 Å². The molecule has 9 heteroatoms. The molecule has 1 aromatic heterocycles. The Labute approximate surface area is 137 Å². The molecule has 0 unspecified atom stereocenters. The zero-order valence-electron chi connectivity index (χ0n) is 12.9. The molecule has 134 valence electrons. The van der Waals surface area contributed by atoms with E-state index in [0.717, 1.165) is 25.6 Å². The number of halogens is 3. The molecule has 3 rings (SSSR count). The van der Waals surface area contributed by atoms with Crippen LogP contribution in [-0.2, 0) is 10.9 Å². The maximum absolute atomic E-state index is 12.7. The molecule has 0 saturated carbocycles. The molecular weight excluding hydrogens is 327 g/mol. The van der Waals surface area contributed by atoms with Gasteiger partial charge in [-0.3, -0.25) is 0 Å². The number of hydrogen-bond donors (Lipinski definition) is 3. The van der Waals surface area contributed by atoms with E-state index in [9.17, 15) is 23.4 Å². The van der Waals surface area contributed by atoms with Gasteiger partial charge in [-0.1, -0.05) is 6.07 Å². The van der Waals surface area contributed by atoms with Gasteiger partial charge in [-0.25, -0.2) is 4.98 Å². The van der Waals surface area contributed by atoms with Gasteiger partial charge in [0.1, 0.15) is 23.7 Å². The average Bonchev–Trinajstić information content (AvgIpc) is 2.49. The van der Waals surface area contributed by atoms with Crippen LogP contribution in [0, 0.1) is 0 Å². The average molecular weight is 347 g/mol. The highest BCUT2D eigenvalue weighted by Gasteiger charge is 2.40. The number of anilines is 1. The first-order valence-corrected chi connectivity index (χ1v) is 7.85. The van der Waals surface area contributed by atoms with Gasteiger partial charge in [0.25, 0.3) is 0 Å². The standard InChI is InChI=1S/C15H20F3N3O3/c16-15(17,18)11-3-1-4-12(20-11)19-9-8-24-10(14(23)13(9)22)7-21-5-2-6-21/h1,3-4,9-10,13-14,22-23H,2,5-8H2,(H,19,20)/t9-,10+,13+,14-/m0/s1. The van der Waals surface area contributed by atoms with Crippen LogP contribution < -0.4 is 5.32 Å². The van der Waals surface area contributed by atoms with Gasteiger partial charge in [0, 0.05) is 6.54 Å². The Balaban J connectivity index is 1.62. The molecule has 3 N–H and O–H groups in total. The summed E-state index contributed by atoms with van der Waals surface area (Å²) in [5, 5.41) is 23.2. The molecule has 0 spiro atoms. The zero-order chi connectivity index (χ0) is 17.3. The molecule has 2 aliphatic rings. The van der Waals surface area contributed by atoms with Gasteiger partial charge in [-0.05, 0) is 31.6 Å². The quantitative estimate of drug-likeness (QED) is 0.745. The largest absolute Gasteiger partial charge is 0.433 e. The van der Waals surface area contributed by atoms with Crippen LogP contribution in [0.15, 0.2) is 18.2 Å². The van der Waals surface area contributed by atoms with E-state index in [1.807, 2.05) is 0 Å². The van der Waals surface area contributed by atoms with Crippen molar-refractivity contribution in [3.8, 4) is 0 Å². The maximum Gasteiger partial charge on any atom is 0.433 e.